The number of alkyl halides is 2. The van der Waals surface area contributed by atoms with Crippen LogP contribution in [-0.4, -0.2) is 39.1 Å². The molecule has 174 valence electrons. The van der Waals surface area contributed by atoms with E-state index < -0.39 is 12.5 Å². The van der Waals surface area contributed by atoms with Gasteiger partial charge in [-0.25, -0.2) is 4.68 Å². The molecule has 0 spiro atoms. The number of thiophene rings is 1. The number of aromatic nitrogens is 3. The number of ether oxygens (including phenoxy) is 1. The first-order valence-corrected chi connectivity index (χ1v) is 11.8. The molecule has 4 rings (SSSR count). The molecule has 1 aliphatic rings. The van der Waals surface area contributed by atoms with Crippen LogP contribution in [0.25, 0.3) is 11.4 Å². The smallest absolute Gasteiger partial charge is 0.387 e. The lowest BCUT2D eigenvalue weighted by Crippen LogP contribution is -2.20. The van der Waals surface area contributed by atoms with Gasteiger partial charge in [-0.3, -0.25) is 9.59 Å². The third-order valence-electron chi connectivity index (χ3n) is 5.01. The highest BCUT2D eigenvalue weighted by molar-refractivity contribution is 7.99. The van der Waals surface area contributed by atoms with Crippen LogP contribution in [0.1, 0.15) is 33.6 Å². The highest BCUT2D eigenvalue weighted by Crippen LogP contribution is 2.38. The SMILES string of the molecule is NC(=O)c1c(NC(=O)CSc2nnc(-c3ccc(OC(F)F)cc3)n2N)sc2c1CCCC2. The number of nitrogens with one attached hydrogen (secondary N) is 1. The molecule has 33 heavy (non-hydrogen) atoms. The van der Waals surface area contributed by atoms with Crippen molar-refractivity contribution >= 4 is 39.9 Å². The molecule has 5 N–H and O–H groups in total. The summed E-state index contributed by atoms with van der Waals surface area (Å²) in [4.78, 5) is 25.6. The third-order valence-corrected chi connectivity index (χ3v) is 7.16. The number of aryl methyl sites for hydroxylation is 1. The lowest BCUT2D eigenvalue weighted by molar-refractivity contribution is -0.113. The van der Waals surface area contributed by atoms with Crippen molar-refractivity contribution in [2.24, 2.45) is 5.73 Å². The van der Waals surface area contributed by atoms with Crippen molar-refractivity contribution < 1.29 is 23.1 Å². The zero-order chi connectivity index (χ0) is 23.5. The van der Waals surface area contributed by atoms with Crippen LogP contribution in [-0.2, 0) is 17.6 Å². The molecular weight excluding hydrogens is 474 g/mol. The molecule has 1 aromatic carbocycles. The Labute approximate surface area is 195 Å². The highest BCUT2D eigenvalue weighted by atomic mass is 32.2. The van der Waals surface area contributed by atoms with Crippen LogP contribution in [0.3, 0.4) is 0 Å². The number of carbonyl (C=O) groups is 2. The Morgan fingerprint density at radius 1 is 1.21 bits per heavy atom. The predicted octanol–water partition coefficient (Wildman–Crippen LogP) is 3.03. The molecule has 0 radical (unpaired) electrons. The second-order valence-electron chi connectivity index (χ2n) is 7.20. The summed E-state index contributed by atoms with van der Waals surface area (Å²) in [6.45, 7) is -2.91. The van der Waals surface area contributed by atoms with E-state index in [0.29, 0.717) is 22.0 Å². The van der Waals surface area contributed by atoms with E-state index in [0.717, 1.165) is 47.9 Å². The number of halogens is 2. The summed E-state index contributed by atoms with van der Waals surface area (Å²) < 4.78 is 30.1. The van der Waals surface area contributed by atoms with Gasteiger partial charge in [-0.2, -0.15) is 8.78 Å². The molecule has 3 aromatic rings. The number of benzene rings is 1. The number of rotatable bonds is 8. The van der Waals surface area contributed by atoms with Gasteiger partial charge in [0, 0.05) is 10.4 Å². The van der Waals surface area contributed by atoms with E-state index in [1.54, 1.807) is 0 Å². The molecule has 0 bridgehead atoms. The summed E-state index contributed by atoms with van der Waals surface area (Å²) in [5.41, 5.74) is 7.45. The van der Waals surface area contributed by atoms with Crippen molar-refractivity contribution in [2.75, 3.05) is 16.9 Å². The largest absolute Gasteiger partial charge is 0.435 e. The van der Waals surface area contributed by atoms with Gasteiger partial charge >= 0.3 is 6.61 Å². The van der Waals surface area contributed by atoms with Crippen molar-refractivity contribution in [3.63, 3.8) is 0 Å². The molecule has 13 heteroatoms. The Bertz CT molecular complexity index is 1180. The third kappa shape index (κ3) is 5.09. The van der Waals surface area contributed by atoms with Crippen LogP contribution in [0.4, 0.5) is 13.8 Å². The first-order valence-electron chi connectivity index (χ1n) is 9.96. The fraction of sp³-hybridized carbons (Fsp3) is 0.300. The van der Waals surface area contributed by atoms with E-state index in [4.69, 9.17) is 11.6 Å². The van der Waals surface area contributed by atoms with Crippen LogP contribution in [0, 0.1) is 0 Å². The summed E-state index contributed by atoms with van der Waals surface area (Å²) in [6.07, 6.45) is 3.69. The maximum Gasteiger partial charge on any atom is 0.387 e. The van der Waals surface area contributed by atoms with Crippen LogP contribution in [0.5, 0.6) is 5.75 Å². The van der Waals surface area contributed by atoms with E-state index in [9.17, 15) is 18.4 Å². The quantitative estimate of drug-likeness (QED) is 0.323. The average Bonchev–Trinajstić information content (AvgIpc) is 3.32. The number of carbonyl (C=O) groups excluding carboxylic acids is 2. The zero-order valence-corrected chi connectivity index (χ0v) is 18.8. The van der Waals surface area contributed by atoms with E-state index in [1.165, 1.54) is 40.3 Å². The molecule has 1 aliphatic carbocycles. The summed E-state index contributed by atoms with van der Waals surface area (Å²) in [5.74, 6) is 5.46. The summed E-state index contributed by atoms with van der Waals surface area (Å²) >= 11 is 2.46. The van der Waals surface area contributed by atoms with E-state index in [1.807, 2.05) is 0 Å². The number of nitrogens with two attached hydrogens (primary N) is 2. The molecular formula is C20H20F2N6O3S2. The van der Waals surface area contributed by atoms with Crippen molar-refractivity contribution in [3.8, 4) is 17.1 Å². The number of nitrogen functional groups attached to an aromatic ring is 1. The molecule has 2 amide bonds. The van der Waals surface area contributed by atoms with Gasteiger partial charge in [0.05, 0.1) is 11.3 Å². The van der Waals surface area contributed by atoms with Crippen molar-refractivity contribution in [2.45, 2.75) is 37.5 Å². The fourth-order valence-corrected chi connectivity index (χ4v) is 5.53. The molecule has 2 heterocycles. The Kier molecular flexibility index (Phi) is 6.79. The Hall–Kier alpha value is -3.19. The van der Waals surface area contributed by atoms with Crippen LogP contribution in [0.2, 0.25) is 0 Å². The minimum atomic E-state index is -2.91. The number of amides is 2. The summed E-state index contributed by atoms with van der Waals surface area (Å²) in [7, 11) is 0. The number of nitrogens with zero attached hydrogens (tertiary/aromatic N) is 3. The van der Waals surface area contributed by atoms with Crippen LogP contribution >= 0.6 is 23.1 Å². The second kappa shape index (κ2) is 9.75. The van der Waals surface area contributed by atoms with Gasteiger partial charge < -0.3 is 21.6 Å². The lowest BCUT2D eigenvalue weighted by atomic mass is 9.95. The molecule has 0 saturated heterocycles. The van der Waals surface area contributed by atoms with Gasteiger partial charge in [-0.15, -0.1) is 21.5 Å². The number of primary amides is 1. The van der Waals surface area contributed by atoms with Gasteiger partial charge in [-0.05, 0) is 55.5 Å². The molecule has 0 fully saturated rings. The highest BCUT2D eigenvalue weighted by Gasteiger charge is 2.25. The van der Waals surface area contributed by atoms with Crippen molar-refractivity contribution in [1.82, 2.24) is 14.9 Å². The van der Waals surface area contributed by atoms with E-state index in [2.05, 4.69) is 20.3 Å². The van der Waals surface area contributed by atoms with Gasteiger partial charge in [0.2, 0.25) is 11.1 Å². The Morgan fingerprint density at radius 3 is 2.64 bits per heavy atom. The number of fused-ring (bicyclic) bond motifs is 1. The molecule has 0 aliphatic heterocycles. The van der Waals surface area contributed by atoms with Gasteiger partial charge in [0.25, 0.3) is 5.91 Å². The number of thioether (sulfide) groups is 1. The first-order chi connectivity index (χ1) is 15.8. The van der Waals surface area contributed by atoms with Gasteiger partial charge in [0.1, 0.15) is 10.8 Å². The Morgan fingerprint density at radius 2 is 1.94 bits per heavy atom. The van der Waals surface area contributed by atoms with Crippen LogP contribution < -0.4 is 21.6 Å². The molecule has 0 saturated carbocycles. The maximum absolute atomic E-state index is 12.5. The standard InChI is InChI=1S/C20H20F2N6O3S2/c21-19(22)31-11-7-5-10(6-8-11)17-26-27-20(28(17)24)32-9-14(29)25-18-15(16(23)30)12-3-1-2-4-13(12)33-18/h5-8,19H,1-4,9,24H2,(H2,23,30)(H,25,29). The van der Waals surface area contributed by atoms with Crippen molar-refractivity contribution in [1.29, 1.82) is 0 Å². The summed E-state index contributed by atoms with van der Waals surface area (Å²) in [6, 6.07) is 5.78. The summed E-state index contributed by atoms with van der Waals surface area (Å²) in [5, 5.41) is 11.5. The lowest BCUT2D eigenvalue weighted by Gasteiger charge is -2.11. The minimum absolute atomic E-state index is 0.00805. The predicted molar refractivity (Wildman–Crippen MR) is 121 cm³/mol. The fourth-order valence-electron chi connectivity index (χ4n) is 3.57. The average molecular weight is 495 g/mol. The van der Waals surface area contributed by atoms with E-state index >= 15 is 0 Å². The number of hydrogen-bond acceptors (Lipinski definition) is 8. The normalized spacial score (nSPS) is 13.1. The monoisotopic (exact) mass is 494 g/mol. The van der Waals surface area contributed by atoms with Gasteiger partial charge in [0.15, 0.2) is 5.82 Å². The molecule has 0 unspecified atom stereocenters. The topological polar surface area (TPSA) is 138 Å². The van der Waals surface area contributed by atoms with Crippen molar-refractivity contribution in [3.05, 3.63) is 40.3 Å². The molecule has 2 aromatic heterocycles. The number of anilines is 1. The first kappa shape index (κ1) is 23.0. The molecule has 0 atom stereocenters. The minimum Gasteiger partial charge on any atom is -0.435 e. The number of hydrogen-bond donors (Lipinski definition) is 3. The zero-order valence-electron chi connectivity index (χ0n) is 17.2. The Balaban J connectivity index is 1.41. The molecule has 9 nitrogen and oxygen atoms in total. The second-order valence-corrected chi connectivity index (χ2v) is 9.24. The van der Waals surface area contributed by atoms with Crippen LogP contribution in [0.15, 0.2) is 29.4 Å². The van der Waals surface area contributed by atoms with Gasteiger partial charge in [-0.1, -0.05) is 11.8 Å². The van der Waals surface area contributed by atoms with E-state index in [-0.39, 0.29) is 22.6 Å². The maximum atomic E-state index is 12.5.